The van der Waals surface area contributed by atoms with E-state index in [1.807, 2.05) is 24.3 Å². The Morgan fingerprint density at radius 3 is 2.63 bits per heavy atom. The summed E-state index contributed by atoms with van der Waals surface area (Å²) in [5.41, 5.74) is 1.77. The molecule has 2 aliphatic rings. The summed E-state index contributed by atoms with van der Waals surface area (Å²) in [6.07, 6.45) is 5.53. The molecule has 0 unspecified atom stereocenters. The van der Waals surface area contributed by atoms with Crippen LogP contribution >= 0.6 is 0 Å². The van der Waals surface area contributed by atoms with Crippen molar-refractivity contribution in [2.75, 3.05) is 31.5 Å². The summed E-state index contributed by atoms with van der Waals surface area (Å²) < 4.78 is 0. The van der Waals surface area contributed by atoms with Gasteiger partial charge in [-0.2, -0.15) is 0 Å². The van der Waals surface area contributed by atoms with Crippen LogP contribution in [0.1, 0.15) is 44.6 Å². The molecule has 1 aromatic carbocycles. The van der Waals surface area contributed by atoms with Crippen LogP contribution in [0.2, 0.25) is 0 Å². The number of amides is 3. The monoisotopic (exact) mass is 372 g/mol. The van der Waals surface area contributed by atoms with Crippen LogP contribution in [-0.2, 0) is 11.3 Å². The first kappa shape index (κ1) is 19.7. The van der Waals surface area contributed by atoms with Gasteiger partial charge in [0.2, 0.25) is 5.91 Å². The molecule has 6 nitrogen and oxygen atoms in total. The molecule has 1 aromatic rings. The zero-order valence-corrected chi connectivity index (χ0v) is 16.3. The molecular weight excluding hydrogens is 340 g/mol. The highest BCUT2D eigenvalue weighted by atomic mass is 16.2. The number of likely N-dealkylation sites (tertiary alicyclic amines) is 1. The number of hydrogen-bond acceptors (Lipinski definition) is 3. The molecule has 0 radical (unpaired) electrons. The van der Waals surface area contributed by atoms with Crippen molar-refractivity contribution in [3.8, 4) is 0 Å². The first-order valence-corrected chi connectivity index (χ1v) is 10.2. The van der Waals surface area contributed by atoms with E-state index in [9.17, 15) is 9.59 Å². The molecule has 0 atom stereocenters. The number of urea groups is 1. The van der Waals surface area contributed by atoms with Gasteiger partial charge in [0, 0.05) is 24.7 Å². The number of carbonyl (C=O) groups is 2. The minimum absolute atomic E-state index is 0.0982. The van der Waals surface area contributed by atoms with Crippen molar-refractivity contribution < 1.29 is 9.59 Å². The van der Waals surface area contributed by atoms with Crippen LogP contribution in [0.15, 0.2) is 24.3 Å². The summed E-state index contributed by atoms with van der Waals surface area (Å²) in [6.45, 7) is 6.87. The normalized spacial score (nSPS) is 18.1. The molecule has 3 amide bonds. The standard InChI is InChI=1S/C21H32N4O2/c1-16-8-12-25(13-9-16)11-3-10-22-21(27)23-15-17-4-2-5-19(14-17)24-20(26)18-6-7-18/h2,4-5,14,16,18H,3,6-13,15H2,1H3,(H,24,26)(H2,22,23,27). The maximum atomic E-state index is 12.0. The summed E-state index contributed by atoms with van der Waals surface area (Å²) in [6, 6.07) is 7.50. The molecule has 3 N–H and O–H groups in total. The molecule has 0 spiro atoms. The van der Waals surface area contributed by atoms with Crippen molar-refractivity contribution >= 4 is 17.6 Å². The number of anilines is 1. The molecule has 1 saturated carbocycles. The van der Waals surface area contributed by atoms with Gasteiger partial charge in [-0.05, 0) is 75.4 Å². The Morgan fingerprint density at radius 1 is 1.11 bits per heavy atom. The van der Waals surface area contributed by atoms with Gasteiger partial charge in [0.05, 0.1) is 0 Å². The Hall–Kier alpha value is -2.08. The second-order valence-electron chi connectivity index (χ2n) is 7.95. The summed E-state index contributed by atoms with van der Waals surface area (Å²) in [5.74, 6) is 1.14. The third-order valence-corrected chi connectivity index (χ3v) is 5.41. The van der Waals surface area contributed by atoms with Gasteiger partial charge in [-0.1, -0.05) is 19.1 Å². The third-order valence-electron chi connectivity index (χ3n) is 5.41. The molecule has 1 aliphatic carbocycles. The highest BCUT2D eigenvalue weighted by molar-refractivity contribution is 5.94. The van der Waals surface area contributed by atoms with Gasteiger partial charge in [-0.25, -0.2) is 4.79 Å². The maximum Gasteiger partial charge on any atom is 0.315 e. The third kappa shape index (κ3) is 6.86. The Kier molecular flexibility index (Phi) is 7.10. The SMILES string of the molecule is CC1CCN(CCCNC(=O)NCc2cccc(NC(=O)C3CC3)c2)CC1. The zero-order chi connectivity index (χ0) is 19.1. The van der Waals surface area contributed by atoms with Crippen molar-refractivity contribution in [3.05, 3.63) is 29.8 Å². The molecule has 1 saturated heterocycles. The van der Waals surface area contributed by atoms with Crippen LogP contribution in [0, 0.1) is 11.8 Å². The molecule has 1 heterocycles. The van der Waals surface area contributed by atoms with E-state index in [0.29, 0.717) is 13.1 Å². The Balaban J connectivity index is 1.30. The average molecular weight is 373 g/mol. The molecule has 3 rings (SSSR count). The van der Waals surface area contributed by atoms with Gasteiger partial charge < -0.3 is 20.9 Å². The van der Waals surface area contributed by atoms with E-state index in [1.54, 1.807) is 0 Å². The number of carbonyl (C=O) groups excluding carboxylic acids is 2. The smallest absolute Gasteiger partial charge is 0.315 e. The van der Waals surface area contributed by atoms with Gasteiger partial charge in [0.15, 0.2) is 0 Å². The molecule has 0 bridgehead atoms. The summed E-state index contributed by atoms with van der Waals surface area (Å²) in [5, 5.41) is 8.74. The first-order valence-electron chi connectivity index (χ1n) is 10.2. The van der Waals surface area contributed by atoms with E-state index in [0.717, 1.165) is 43.0 Å². The van der Waals surface area contributed by atoms with E-state index in [2.05, 4.69) is 27.8 Å². The first-order chi connectivity index (χ1) is 13.1. The van der Waals surface area contributed by atoms with Crippen molar-refractivity contribution in [1.29, 1.82) is 0 Å². The van der Waals surface area contributed by atoms with Gasteiger partial charge in [0.1, 0.15) is 0 Å². The summed E-state index contributed by atoms with van der Waals surface area (Å²) in [4.78, 5) is 26.3. The predicted molar refractivity (Wildman–Crippen MR) is 107 cm³/mol. The lowest BCUT2D eigenvalue weighted by molar-refractivity contribution is -0.117. The number of hydrogen-bond donors (Lipinski definition) is 3. The van der Waals surface area contributed by atoms with Gasteiger partial charge in [-0.3, -0.25) is 4.79 Å². The highest BCUT2D eigenvalue weighted by Crippen LogP contribution is 2.30. The van der Waals surface area contributed by atoms with Crippen molar-refractivity contribution in [2.24, 2.45) is 11.8 Å². The van der Waals surface area contributed by atoms with Crippen LogP contribution < -0.4 is 16.0 Å². The lowest BCUT2D eigenvalue weighted by Crippen LogP contribution is -2.38. The Morgan fingerprint density at radius 2 is 1.89 bits per heavy atom. The number of piperidine rings is 1. The quantitative estimate of drug-likeness (QED) is 0.614. The van der Waals surface area contributed by atoms with E-state index >= 15 is 0 Å². The van der Waals surface area contributed by atoms with E-state index in [4.69, 9.17) is 0 Å². The molecular formula is C21H32N4O2. The van der Waals surface area contributed by atoms with Gasteiger partial charge in [0.25, 0.3) is 0 Å². The topological polar surface area (TPSA) is 73.5 Å². The minimum atomic E-state index is -0.144. The van der Waals surface area contributed by atoms with E-state index < -0.39 is 0 Å². The molecule has 148 valence electrons. The van der Waals surface area contributed by atoms with E-state index in [1.165, 1.54) is 25.9 Å². The van der Waals surface area contributed by atoms with Crippen LogP contribution in [0.3, 0.4) is 0 Å². The second kappa shape index (κ2) is 9.74. The number of benzene rings is 1. The molecule has 1 aliphatic heterocycles. The molecule has 0 aromatic heterocycles. The largest absolute Gasteiger partial charge is 0.338 e. The lowest BCUT2D eigenvalue weighted by atomic mass is 9.99. The molecule has 6 heteroatoms. The minimum Gasteiger partial charge on any atom is -0.338 e. The zero-order valence-electron chi connectivity index (χ0n) is 16.3. The molecule has 2 fully saturated rings. The summed E-state index contributed by atoms with van der Waals surface area (Å²) in [7, 11) is 0. The predicted octanol–water partition coefficient (Wildman–Crippen LogP) is 2.96. The average Bonchev–Trinajstić information content (AvgIpc) is 3.51. The van der Waals surface area contributed by atoms with E-state index in [-0.39, 0.29) is 17.9 Å². The number of nitrogens with one attached hydrogen (secondary N) is 3. The lowest BCUT2D eigenvalue weighted by Gasteiger charge is -2.30. The summed E-state index contributed by atoms with van der Waals surface area (Å²) >= 11 is 0. The highest BCUT2D eigenvalue weighted by Gasteiger charge is 2.29. The fourth-order valence-corrected chi connectivity index (χ4v) is 3.38. The number of rotatable bonds is 8. The Labute approximate surface area is 162 Å². The molecule has 27 heavy (non-hydrogen) atoms. The van der Waals surface area contributed by atoms with Crippen molar-refractivity contribution in [3.63, 3.8) is 0 Å². The van der Waals surface area contributed by atoms with Crippen molar-refractivity contribution in [1.82, 2.24) is 15.5 Å². The van der Waals surface area contributed by atoms with Crippen molar-refractivity contribution in [2.45, 2.75) is 45.6 Å². The van der Waals surface area contributed by atoms with Gasteiger partial charge >= 0.3 is 6.03 Å². The Bertz CT molecular complexity index is 637. The fraction of sp³-hybridized carbons (Fsp3) is 0.619. The van der Waals surface area contributed by atoms with Crippen LogP contribution in [0.25, 0.3) is 0 Å². The van der Waals surface area contributed by atoms with Crippen LogP contribution in [-0.4, -0.2) is 43.0 Å². The van der Waals surface area contributed by atoms with Crippen LogP contribution in [0.4, 0.5) is 10.5 Å². The fourth-order valence-electron chi connectivity index (χ4n) is 3.38. The maximum absolute atomic E-state index is 12.0. The van der Waals surface area contributed by atoms with Crippen LogP contribution in [0.5, 0.6) is 0 Å². The van der Waals surface area contributed by atoms with Gasteiger partial charge in [-0.15, -0.1) is 0 Å². The second-order valence-corrected chi connectivity index (χ2v) is 7.95. The number of nitrogens with zero attached hydrogens (tertiary/aromatic N) is 1.